The molecule has 4 aliphatic rings. The molecule has 33 heavy (non-hydrogen) atoms. The minimum absolute atomic E-state index is 0.0417. The summed E-state index contributed by atoms with van der Waals surface area (Å²) in [5.41, 5.74) is 7.05. The van der Waals surface area contributed by atoms with Crippen molar-refractivity contribution in [2.45, 2.75) is 24.7 Å². The number of carbonyl (C=O) groups excluding carboxylic acids is 2. The third-order valence-corrected chi connectivity index (χ3v) is 8.35. The lowest BCUT2D eigenvalue weighted by molar-refractivity contribution is -0.130. The second kappa shape index (κ2) is 7.09. The topological polar surface area (TPSA) is 52.6 Å². The van der Waals surface area contributed by atoms with Gasteiger partial charge in [-0.1, -0.05) is 48.5 Å². The van der Waals surface area contributed by atoms with Gasteiger partial charge in [0.15, 0.2) is 0 Å². The molecule has 0 fully saturated rings. The van der Waals surface area contributed by atoms with Crippen molar-refractivity contribution in [1.82, 2.24) is 0 Å². The minimum atomic E-state index is -1.52. The van der Waals surface area contributed by atoms with Gasteiger partial charge in [0.1, 0.15) is 16.9 Å². The van der Waals surface area contributed by atoms with Gasteiger partial charge < -0.3 is 9.47 Å². The van der Waals surface area contributed by atoms with Crippen molar-refractivity contribution in [3.63, 3.8) is 0 Å². The van der Waals surface area contributed by atoms with Crippen LogP contribution in [-0.2, 0) is 22.4 Å². The fourth-order valence-corrected chi connectivity index (χ4v) is 6.80. The molecule has 0 aromatic heterocycles. The maximum atomic E-state index is 12.5. The van der Waals surface area contributed by atoms with Crippen LogP contribution >= 0.6 is 23.2 Å². The van der Waals surface area contributed by atoms with Crippen molar-refractivity contribution >= 4 is 33.7 Å². The van der Waals surface area contributed by atoms with Gasteiger partial charge in [0.05, 0.1) is 14.2 Å². The van der Waals surface area contributed by atoms with E-state index >= 15 is 0 Å². The van der Waals surface area contributed by atoms with Crippen LogP contribution in [-0.4, -0.2) is 24.7 Å². The predicted molar refractivity (Wildman–Crippen MR) is 126 cm³/mol. The first kappa shape index (κ1) is 20.8. The normalized spacial score (nSPS) is 20.4. The lowest BCUT2D eigenvalue weighted by Gasteiger charge is -2.44. The Labute approximate surface area is 201 Å². The monoisotopic (exact) mass is 478 g/mol. The van der Waals surface area contributed by atoms with E-state index in [2.05, 4.69) is 48.5 Å². The molecule has 0 N–H and O–H groups in total. The third kappa shape index (κ3) is 2.48. The Morgan fingerprint density at radius 1 is 0.727 bits per heavy atom. The van der Waals surface area contributed by atoms with Gasteiger partial charge in [0.25, 0.3) is 0 Å². The molecule has 0 aliphatic heterocycles. The van der Waals surface area contributed by atoms with Gasteiger partial charge in [-0.15, -0.1) is 0 Å². The molecule has 0 unspecified atom stereocenters. The lowest BCUT2D eigenvalue weighted by atomic mass is 9.60. The highest BCUT2D eigenvalue weighted by Gasteiger charge is 2.54. The molecule has 0 saturated carbocycles. The molecular weight excluding hydrogens is 459 g/mol. The van der Waals surface area contributed by atoms with Crippen LogP contribution in [0.4, 0.5) is 0 Å². The number of hydrogen-bond acceptors (Lipinski definition) is 4. The number of methoxy groups -OCH3 is 2. The summed E-state index contributed by atoms with van der Waals surface area (Å²) in [5, 5.41) is -1.51. The van der Waals surface area contributed by atoms with Crippen molar-refractivity contribution in [1.29, 1.82) is 0 Å². The molecule has 6 heteroatoms. The van der Waals surface area contributed by atoms with E-state index in [9.17, 15) is 9.59 Å². The zero-order chi connectivity index (χ0) is 23.1. The zero-order valence-electron chi connectivity index (χ0n) is 18.1. The highest BCUT2D eigenvalue weighted by molar-refractivity contribution is 6.74. The SMILES string of the molecule is COc1c2c(c(OC)c3c1C1c4ccccc4C3c3ccccc31)CC(C(=O)Cl)(C(=O)Cl)C2. The molecular formula is C27H20Cl2O4. The number of rotatable bonds is 4. The quantitative estimate of drug-likeness (QED) is 0.259. The Balaban J connectivity index is 1.72. The molecule has 0 radical (unpaired) electrons. The summed E-state index contributed by atoms with van der Waals surface area (Å²) >= 11 is 11.9. The van der Waals surface area contributed by atoms with Crippen molar-refractivity contribution in [2.24, 2.45) is 5.41 Å². The fraction of sp³-hybridized carbons (Fsp3) is 0.259. The Hall–Kier alpha value is -2.82. The molecule has 0 spiro atoms. The molecule has 0 saturated heterocycles. The van der Waals surface area contributed by atoms with Crippen LogP contribution in [0.2, 0.25) is 0 Å². The third-order valence-electron chi connectivity index (χ3n) is 7.62. The summed E-state index contributed by atoms with van der Waals surface area (Å²) in [4.78, 5) is 25.0. The molecule has 4 aliphatic carbocycles. The fourth-order valence-electron chi connectivity index (χ4n) is 6.31. The van der Waals surface area contributed by atoms with Crippen LogP contribution in [0, 0.1) is 5.41 Å². The van der Waals surface area contributed by atoms with Crippen molar-refractivity contribution in [2.75, 3.05) is 14.2 Å². The van der Waals surface area contributed by atoms with Gasteiger partial charge in [-0.3, -0.25) is 9.59 Å². The van der Waals surface area contributed by atoms with E-state index in [-0.39, 0.29) is 24.7 Å². The number of carbonyl (C=O) groups is 2. The molecule has 7 rings (SSSR count). The summed E-state index contributed by atoms with van der Waals surface area (Å²) in [7, 11) is 3.26. The zero-order valence-corrected chi connectivity index (χ0v) is 19.6. The Morgan fingerprint density at radius 2 is 1.06 bits per heavy atom. The number of hydrogen-bond donors (Lipinski definition) is 0. The standard InChI is InChI=1S/C27H20Cl2O4/c1-32-23-17-11-27(25(28)30,26(29)31)12-18(17)24(33-2)22-20-15-9-5-3-7-13(15)19(21(22)23)14-8-4-6-10-16(14)20/h3-10,19-20H,11-12H2,1-2H3. The molecule has 3 aromatic rings. The Morgan fingerprint density at radius 3 is 1.33 bits per heavy atom. The summed E-state index contributed by atoms with van der Waals surface area (Å²) in [6.07, 6.45) is 0.195. The molecule has 166 valence electrons. The first-order chi connectivity index (χ1) is 15.9. The molecule has 2 bridgehead atoms. The van der Waals surface area contributed by atoms with Gasteiger partial charge in [-0.25, -0.2) is 0 Å². The number of ether oxygens (including phenoxy) is 2. The predicted octanol–water partition coefficient (Wildman–Crippen LogP) is 5.31. The van der Waals surface area contributed by atoms with Crippen LogP contribution in [0.3, 0.4) is 0 Å². The maximum Gasteiger partial charge on any atom is 0.237 e. The van der Waals surface area contributed by atoms with Crippen LogP contribution in [0.25, 0.3) is 0 Å². The van der Waals surface area contributed by atoms with Crippen LogP contribution in [0.1, 0.15) is 56.3 Å². The summed E-state index contributed by atoms with van der Waals surface area (Å²) in [5.74, 6) is 1.30. The molecule has 4 nitrogen and oxygen atoms in total. The van der Waals surface area contributed by atoms with Crippen LogP contribution in [0.15, 0.2) is 48.5 Å². The van der Waals surface area contributed by atoms with E-state index in [1.54, 1.807) is 14.2 Å². The molecule has 0 heterocycles. The van der Waals surface area contributed by atoms with Crippen LogP contribution in [0.5, 0.6) is 11.5 Å². The second-order valence-corrected chi connectivity index (χ2v) is 9.64. The van der Waals surface area contributed by atoms with E-state index in [0.717, 1.165) is 22.3 Å². The smallest absolute Gasteiger partial charge is 0.237 e. The average molecular weight is 479 g/mol. The van der Waals surface area contributed by atoms with Gasteiger partial charge in [0.2, 0.25) is 10.5 Å². The summed E-state index contributed by atoms with van der Waals surface area (Å²) < 4.78 is 12.1. The van der Waals surface area contributed by atoms with E-state index in [1.807, 2.05) is 0 Å². The second-order valence-electron chi connectivity index (χ2n) is 8.96. The number of halogens is 2. The van der Waals surface area contributed by atoms with Gasteiger partial charge in [-0.05, 0) is 58.3 Å². The first-order valence-corrected chi connectivity index (χ1v) is 11.6. The van der Waals surface area contributed by atoms with Gasteiger partial charge >= 0.3 is 0 Å². The van der Waals surface area contributed by atoms with Gasteiger partial charge in [-0.2, -0.15) is 0 Å². The largest absolute Gasteiger partial charge is 0.496 e. The maximum absolute atomic E-state index is 12.5. The Kier molecular flexibility index (Phi) is 4.46. The van der Waals surface area contributed by atoms with Crippen molar-refractivity contribution in [3.8, 4) is 11.5 Å². The van der Waals surface area contributed by atoms with E-state index in [1.165, 1.54) is 22.3 Å². The summed E-state index contributed by atoms with van der Waals surface area (Å²) in [6.45, 7) is 0. The van der Waals surface area contributed by atoms with Crippen LogP contribution < -0.4 is 9.47 Å². The molecule has 3 aromatic carbocycles. The first-order valence-electron chi connectivity index (χ1n) is 10.8. The van der Waals surface area contributed by atoms with E-state index in [4.69, 9.17) is 32.7 Å². The van der Waals surface area contributed by atoms with Crippen molar-refractivity contribution in [3.05, 3.63) is 93.0 Å². The van der Waals surface area contributed by atoms with Gasteiger partial charge in [0, 0.05) is 34.1 Å². The Bertz CT molecular complexity index is 1230. The molecule has 0 amide bonds. The average Bonchev–Trinajstić information content (AvgIpc) is 3.24. The highest BCUT2D eigenvalue weighted by Crippen LogP contribution is 2.63. The van der Waals surface area contributed by atoms with E-state index in [0.29, 0.717) is 11.5 Å². The lowest BCUT2D eigenvalue weighted by Crippen LogP contribution is -2.34. The van der Waals surface area contributed by atoms with E-state index < -0.39 is 15.9 Å². The van der Waals surface area contributed by atoms with Crippen molar-refractivity contribution < 1.29 is 19.1 Å². The molecule has 0 atom stereocenters. The summed E-state index contributed by atoms with van der Waals surface area (Å²) in [6, 6.07) is 16.9. The number of fused-ring (bicyclic) bond motifs is 1. The highest BCUT2D eigenvalue weighted by atomic mass is 35.5. The number of benzene rings is 3. The minimum Gasteiger partial charge on any atom is -0.496 e.